The Hall–Kier alpha value is -1.35. The Balaban J connectivity index is 2.25. The van der Waals surface area contributed by atoms with E-state index in [1.54, 1.807) is 0 Å². The first-order valence-electron chi connectivity index (χ1n) is 7.11. The largest absolute Gasteiger partial charge is 0.334 e. The van der Waals surface area contributed by atoms with Gasteiger partial charge in [0.25, 0.3) is 5.91 Å². The average Bonchev–Trinajstić information content (AvgIpc) is 2.78. The van der Waals surface area contributed by atoms with Gasteiger partial charge >= 0.3 is 0 Å². The van der Waals surface area contributed by atoms with Crippen LogP contribution in [0.4, 0.5) is 0 Å². The SMILES string of the molecule is CCc1cc(C)c2c(c1)C1CNCC1(C)N(C)C2=O. The van der Waals surface area contributed by atoms with Crippen molar-refractivity contribution in [2.75, 3.05) is 20.1 Å². The number of carbonyl (C=O) groups excluding carboxylic acids is 1. The summed E-state index contributed by atoms with van der Waals surface area (Å²) in [6.07, 6.45) is 1.02. The lowest BCUT2D eigenvalue weighted by Crippen LogP contribution is -2.55. The highest BCUT2D eigenvalue weighted by Gasteiger charge is 2.50. The van der Waals surface area contributed by atoms with E-state index in [1.807, 2.05) is 11.9 Å². The van der Waals surface area contributed by atoms with E-state index in [4.69, 9.17) is 0 Å². The standard InChI is InChI=1S/C16H22N2O/c1-5-11-6-10(2)14-12(7-11)13-8-17-9-16(13,3)18(4)15(14)19/h6-7,13,17H,5,8-9H2,1-4H3. The molecule has 2 heterocycles. The maximum absolute atomic E-state index is 12.7. The molecule has 0 spiro atoms. The van der Waals surface area contributed by atoms with E-state index in [0.29, 0.717) is 5.92 Å². The number of nitrogens with one attached hydrogen (secondary N) is 1. The van der Waals surface area contributed by atoms with Crippen LogP contribution in [0.2, 0.25) is 0 Å². The highest BCUT2D eigenvalue weighted by molar-refractivity contribution is 5.99. The van der Waals surface area contributed by atoms with Gasteiger partial charge in [-0.3, -0.25) is 4.79 Å². The van der Waals surface area contributed by atoms with Crippen molar-refractivity contribution in [1.29, 1.82) is 0 Å². The number of aryl methyl sites for hydroxylation is 2. The van der Waals surface area contributed by atoms with Crippen LogP contribution in [-0.2, 0) is 6.42 Å². The van der Waals surface area contributed by atoms with Crippen molar-refractivity contribution in [3.05, 3.63) is 34.4 Å². The van der Waals surface area contributed by atoms with Crippen molar-refractivity contribution in [2.24, 2.45) is 0 Å². The van der Waals surface area contributed by atoms with Gasteiger partial charge in [-0.05, 0) is 37.0 Å². The number of hydrogen-bond donors (Lipinski definition) is 1. The predicted octanol–water partition coefficient (Wildman–Crippen LogP) is 2.09. The number of rotatable bonds is 1. The number of carbonyl (C=O) groups is 1. The number of fused-ring (bicyclic) bond motifs is 3. The molecule has 2 unspecified atom stereocenters. The molecule has 2 atom stereocenters. The molecule has 0 aliphatic carbocycles. The fourth-order valence-electron chi connectivity index (χ4n) is 3.67. The van der Waals surface area contributed by atoms with E-state index >= 15 is 0 Å². The van der Waals surface area contributed by atoms with Crippen molar-refractivity contribution in [1.82, 2.24) is 10.2 Å². The summed E-state index contributed by atoms with van der Waals surface area (Å²) in [6, 6.07) is 4.42. The first-order chi connectivity index (χ1) is 8.99. The third-order valence-corrected chi connectivity index (χ3v) is 5.08. The topological polar surface area (TPSA) is 32.3 Å². The molecule has 2 aliphatic heterocycles. The van der Waals surface area contributed by atoms with Crippen molar-refractivity contribution in [3.63, 3.8) is 0 Å². The minimum Gasteiger partial charge on any atom is -0.334 e. The normalized spacial score (nSPS) is 29.4. The second-order valence-electron chi connectivity index (χ2n) is 6.14. The van der Waals surface area contributed by atoms with Crippen molar-refractivity contribution >= 4 is 5.91 Å². The summed E-state index contributed by atoms with van der Waals surface area (Å²) in [5.41, 5.74) is 4.57. The molecule has 2 aliphatic rings. The first kappa shape index (κ1) is 12.7. The van der Waals surface area contributed by atoms with E-state index in [0.717, 1.165) is 30.6 Å². The lowest BCUT2D eigenvalue weighted by Gasteiger charge is -2.45. The van der Waals surface area contributed by atoms with Gasteiger partial charge in [0.15, 0.2) is 0 Å². The second-order valence-corrected chi connectivity index (χ2v) is 6.14. The molecule has 0 radical (unpaired) electrons. The van der Waals surface area contributed by atoms with Gasteiger partial charge in [0.2, 0.25) is 0 Å². The van der Waals surface area contributed by atoms with E-state index in [2.05, 4.69) is 38.2 Å². The fraction of sp³-hybridized carbons (Fsp3) is 0.562. The molecule has 1 amide bonds. The Morgan fingerprint density at radius 2 is 2.21 bits per heavy atom. The number of nitrogens with zero attached hydrogens (tertiary/aromatic N) is 1. The monoisotopic (exact) mass is 258 g/mol. The molecule has 3 rings (SSSR count). The van der Waals surface area contributed by atoms with Crippen LogP contribution in [0.1, 0.15) is 46.8 Å². The van der Waals surface area contributed by atoms with Gasteiger partial charge in [0.1, 0.15) is 0 Å². The van der Waals surface area contributed by atoms with E-state index in [1.165, 1.54) is 11.1 Å². The fourth-order valence-corrected chi connectivity index (χ4v) is 3.67. The Bertz CT molecular complexity index is 552. The molecule has 1 aromatic carbocycles. The summed E-state index contributed by atoms with van der Waals surface area (Å²) >= 11 is 0. The minimum atomic E-state index is -0.0805. The Kier molecular flexibility index (Phi) is 2.72. The third-order valence-electron chi connectivity index (χ3n) is 5.08. The molecule has 3 heteroatoms. The van der Waals surface area contributed by atoms with Crippen LogP contribution in [0.25, 0.3) is 0 Å². The van der Waals surface area contributed by atoms with Gasteiger partial charge in [-0.25, -0.2) is 0 Å². The van der Waals surface area contributed by atoms with E-state index in [-0.39, 0.29) is 11.4 Å². The highest BCUT2D eigenvalue weighted by Crippen LogP contribution is 2.43. The molecular weight excluding hydrogens is 236 g/mol. The molecular formula is C16H22N2O. The molecule has 1 aromatic rings. The van der Waals surface area contributed by atoms with Crippen LogP contribution >= 0.6 is 0 Å². The lowest BCUT2D eigenvalue weighted by atomic mass is 9.75. The number of benzene rings is 1. The zero-order chi connectivity index (χ0) is 13.8. The van der Waals surface area contributed by atoms with Gasteiger partial charge in [-0.1, -0.05) is 19.1 Å². The number of hydrogen-bond acceptors (Lipinski definition) is 2. The van der Waals surface area contributed by atoms with Crippen molar-refractivity contribution in [3.8, 4) is 0 Å². The zero-order valence-electron chi connectivity index (χ0n) is 12.2. The molecule has 102 valence electrons. The average molecular weight is 258 g/mol. The first-order valence-corrected chi connectivity index (χ1v) is 7.11. The van der Waals surface area contributed by atoms with Crippen LogP contribution in [0.3, 0.4) is 0 Å². The molecule has 1 fully saturated rings. The van der Waals surface area contributed by atoms with Crippen LogP contribution in [0, 0.1) is 6.92 Å². The van der Waals surface area contributed by atoms with Crippen molar-refractivity contribution < 1.29 is 4.79 Å². The molecule has 0 aromatic heterocycles. The van der Waals surface area contributed by atoms with Gasteiger partial charge in [-0.2, -0.15) is 0 Å². The van der Waals surface area contributed by atoms with Crippen molar-refractivity contribution in [2.45, 2.75) is 38.6 Å². The zero-order valence-corrected chi connectivity index (χ0v) is 12.2. The summed E-state index contributed by atoms with van der Waals surface area (Å²) in [5.74, 6) is 0.591. The summed E-state index contributed by atoms with van der Waals surface area (Å²) < 4.78 is 0. The maximum atomic E-state index is 12.7. The predicted molar refractivity (Wildman–Crippen MR) is 76.7 cm³/mol. The molecule has 0 bridgehead atoms. The smallest absolute Gasteiger partial charge is 0.254 e. The van der Waals surface area contributed by atoms with Crippen LogP contribution in [0.5, 0.6) is 0 Å². The lowest BCUT2D eigenvalue weighted by molar-refractivity contribution is 0.0555. The Morgan fingerprint density at radius 3 is 2.89 bits per heavy atom. The number of likely N-dealkylation sites (N-methyl/N-ethyl adjacent to an activating group) is 1. The summed E-state index contributed by atoms with van der Waals surface area (Å²) in [7, 11) is 1.94. The van der Waals surface area contributed by atoms with E-state index < -0.39 is 0 Å². The molecule has 19 heavy (non-hydrogen) atoms. The van der Waals surface area contributed by atoms with Gasteiger partial charge in [-0.15, -0.1) is 0 Å². The van der Waals surface area contributed by atoms with Gasteiger partial charge in [0.05, 0.1) is 5.54 Å². The van der Waals surface area contributed by atoms with Crippen LogP contribution in [-0.4, -0.2) is 36.5 Å². The van der Waals surface area contributed by atoms with Gasteiger partial charge in [0, 0.05) is 31.6 Å². The summed E-state index contributed by atoms with van der Waals surface area (Å²) in [5, 5.41) is 3.46. The minimum absolute atomic E-state index is 0.0805. The van der Waals surface area contributed by atoms with Crippen LogP contribution in [0.15, 0.2) is 12.1 Å². The molecule has 1 N–H and O–H groups in total. The van der Waals surface area contributed by atoms with Crippen LogP contribution < -0.4 is 5.32 Å². The summed E-state index contributed by atoms with van der Waals surface area (Å²) in [6.45, 7) is 8.29. The number of amides is 1. The Labute approximate surface area is 115 Å². The van der Waals surface area contributed by atoms with E-state index in [9.17, 15) is 4.79 Å². The molecule has 1 saturated heterocycles. The summed E-state index contributed by atoms with van der Waals surface area (Å²) in [4.78, 5) is 14.6. The molecule has 0 saturated carbocycles. The quantitative estimate of drug-likeness (QED) is 0.836. The third kappa shape index (κ3) is 1.57. The Morgan fingerprint density at radius 1 is 1.47 bits per heavy atom. The maximum Gasteiger partial charge on any atom is 0.254 e. The van der Waals surface area contributed by atoms with Gasteiger partial charge < -0.3 is 10.2 Å². The molecule has 3 nitrogen and oxygen atoms in total. The second kappa shape index (κ2) is 4.07. The highest BCUT2D eigenvalue weighted by atomic mass is 16.2.